The summed E-state index contributed by atoms with van der Waals surface area (Å²) in [5, 5.41) is 22.8. The molecule has 1 amide bonds. The number of amides is 1. The molecular formula is C30H33N7O2. The molecule has 1 saturated carbocycles. The first-order chi connectivity index (χ1) is 19.1. The predicted molar refractivity (Wildman–Crippen MR) is 149 cm³/mol. The molecule has 9 heteroatoms. The van der Waals surface area contributed by atoms with E-state index >= 15 is 0 Å². The first kappa shape index (κ1) is 24.2. The highest BCUT2D eigenvalue weighted by Crippen LogP contribution is 2.28. The van der Waals surface area contributed by atoms with Crippen LogP contribution in [0.25, 0.3) is 22.3 Å². The lowest BCUT2D eigenvalue weighted by molar-refractivity contribution is -0.0139. The third-order valence-electron chi connectivity index (χ3n) is 8.57. The molecule has 3 aliphatic rings. The van der Waals surface area contributed by atoms with Crippen molar-refractivity contribution in [3.8, 4) is 11.4 Å². The molecule has 1 aliphatic carbocycles. The van der Waals surface area contributed by atoms with Crippen LogP contribution in [0.1, 0.15) is 47.3 Å². The minimum Gasteiger partial charge on any atom is -0.390 e. The maximum atomic E-state index is 13.7. The summed E-state index contributed by atoms with van der Waals surface area (Å²) < 4.78 is 0. The normalized spacial score (nSPS) is 21.9. The number of aliphatic hydroxyl groups excluding tert-OH is 1. The number of β-amino-alcohol motifs (C(OH)–C–C–N with tert-alkyl or cyclic N) is 1. The van der Waals surface area contributed by atoms with Gasteiger partial charge < -0.3 is 15.3 Å². The third kappa shape index (κ3) is 4.77. The van der Waals surface area contributed by atoms with E-state index in [9.17, 15) is 9.90 Å². The number of rotatable bonds is 5. The van der Waals surface area contributed by atoms with Crippen LogP contribution in [-0.2, 0) is 13.0 Å². The summed E-state index contributed by atoms with van der Waals surface area (Å²) >= 11 is 0. The summed E-state index contributed by atoms with van der Waals surface area (Å²) in [6.07, 6.45) is 6.30. The van der Waals surface area contributed by atoms with Crippen LogP contribution in [0.4, 0.5) is 5.82 Å². The molecule has 2 aliphatic heterocycles. The van der Waals surface area contributed by atoms with Gasteiger partial charge >= 0.3 is 0 Å². The monoisotopic (exact) mass is 523 g/mol. The summed E-state index contributed by atoms with van der Waals surface area (Å²) in [7, 11) is 0. The second-order valence-corrected chi connectivity index (χ2v) is 11.1. The van der Waals surface area contributed by atoms with Crippen LogP contribution in [-0.4, -0.2) is 78.8 Å². The number of hydrogen-bond acceptors (Lipinski definition) is 7. The zero-order valence-electron chi connectivity index (χ0n) is 21.9. The molecule has 2 aromatic carbocycles. The van der Waals surface area contributed by atoms with Gasteiger partial charge in [0, 0.05) is 55.3 Å². The first-order valence-electron chi connectivity index (χ1n) is 14.0. The van der Waals surface area contributed by atoms with Gasteiger partial charge in [-0.3, -0.25) is 14.8 Å². The molecule has 2 atom stereocenters. The number of likely N-dealkylation sites (tertiary alicyclic amines) is 1. The molecule has 2 aromatic heterocycles. The quantitative estimate of drug-likeness (QED) is 0.367. The fourth-order valence-corrected chi connectivity index (χ4v) is 6.09. The maximum Gasteiger partial charge on any atom is 0.272 e. The summed E-state index contributed by atoms with van der Waals surface area (Å²) in [6.45, 7) is 2.66. The molecule has 0 radical (unpaired) electrons. The van der Waals surface area contributed by atoms with Gasteiger partial charge in [-0.1, -0.05) is 36.4 Å². The van der Waals surface area contributed by atoms with Crippen LogP contribution in [0.5, 0.6) is 0 Å². The Balaban J connectivity index is 1.11. The number of nitrogens with one attached hydrogen (secondary N) is 2. The van der Waals surface area contributed by atoms with Gasteiger partial charge in [0.05, 0.1) is 17.8 Å². The first-order valence-corrected chi connectivity index (χ1v) is 14.0. The highest BCUT2D eigenvalue weighted by molar-refractivity contribution is 5.94. The van der Waals surface area contributed by atoms with E-state index in [0.717, 1.165) is 55.2 Å². The van der Waals surface area contributed by atoms with Crippen LogP contribution in [0.15, 0.2) is 54.7 Å². The van der Waals surface area contributed by atoms with Crippen molar-refractivity contribution in [2.24, 2.45) is 0 Å². The smallest absolute Gasteiger partial charge is 0.272 e. The van der Waals surface area contributed by atoms with Crippen LogP contribution >= 0.6 is 0 Å². The lowest BCUT2D eigenvalue weighted by Crippen LogP contribution is -2.56. The van der Waals surface area contributed by atoms with E-state index < -0.39 is 6.10 Å². The number of aromatic nitrogens is 4. The van der Waals surface area contributed by atoms with E-state index in [1.807, 2.05) is 18.2 Å². The second kappa shape index (κ2) is 10.1. The zero-order chi connectivity index (χ0) is 26.3. The molecule has 9 nitrogen and oxygen atoms in total. The SMILES string of the molecule is O=C(c1cc(NC2CCC2)nc(-c2ccc3cn[nH]c3c2)n1)N1CC[C@@H](N2CCc3ccccc3C2)[C@H](O)C1. The Labute approximate surface area is 227 Å². The predicted octanol–water partition coefficient (Wildman–Crippen LogP) is 3.62. The average Bonchev–Trinajstić information content (AvgIpc) is 3.42. The molecule has 39 heavy (non-hydrogen) atoms. The molecular weight excluding hydrogens is 490 g/mol. The third-order valence-corrected chi connectivity index (χ3v) is 8.57. The number of nitrogens with zero attached hydrogens (tertiary/aromatic N) is 5. The van der Waals surface area contributed by atoms with Gasteiger partial charge in [-0.2, -0.15) is 5.10 Å². The number of hydrogen-bond donors (Lipinski definition) is 3. The molecule has 1 saturated heterocycles. The Morgan fingerprint density at radius 2 is 1.90 bits per heavy atom. The number of aromatic amines is 1. The molecule has 200 valence electrons. The van der Waals surface area contributed by atoms with Crippen molar-refractivity contribution in [2.75, 3.05) is 25.0 Å². The van der Waals surface area contributed by atoms with Crippen molar-refractivity contribution in [3.05, 3.63) is 71.5 Å². The molecule has 3 N–H and O–H groups in total. The van der Waals surface area contributed by atoms with Gasteiger partial charge in [-0.15, -0.1) is 0 Å². The average molecular weight is 524 g/mol. The van der Waals surface area contributed by atoms with Crippen molar-refractivity contribution in [1.82, 2.24) is 30.0 Å². The van der Waals surface area contributed by atoms with Gasteiger partial charge in [0.25, 0.3) is 5.91 Å². The number of H-pyrrole nitrogens is 1. The number of aliphatic hydroxyl groups is 1. The Kier molecular flexibility index (Phi) is 6.25. The van der Waals surface area contributed by atoms with Crippen LogP contribution in [0.2, 0.25) is 0 Å². The number of carbonyl (C=O) groups is 1. The van der Waals surface area contributed by atoms with E-state index in [4.69, 9.17) is 9.97 Å². The van der Waals surface area contributed by atoms with Crippen molar-refractivity contribution < 1.29 is 9.90 Å². The van der Waals surface area contributed by atoms with Crippen LogP contribution in [0.3, 0.4) is 0 Å². The van der Waals surface area contributed by atoms with E-state index in [1.165, 1.54) is 17.5 Å². The molecule has 4 aromatic rings. The maximum absolute atomic E-state index is 13.7. The Hall–Kier alpha value is -3.82. The lowest BCUT2D eigenvalue weighted by atomic mass is 9.93. The van der Waals surface area contributed by atoms with E-state index in [2.05, 4.69) is 44.7 Å². The standard InChI is InChI=1S/C30H33N7O2/c38-27-18-37(13-11-26(27)36-12-10-19-4-1-2-5-22(19)17-36)30(39)25-15-28(32-23-6-3-7-23)34-29(33-25)20-8-9-21-16-31-35-24(21)14-20/h1-2,4-5,8-9,14-16,23,26-27,38H,3,6-7,10-13,17-18H2,(H,31,35)(H,32,33,34)/t26-,27-/m1/s1. The molecule has 0 spiro atoms. The van der Waals surface area contributed by atoms with Crippen molar-refractivity contribution in [3.63, 3.8) is 0 Å². The van der Waals surface area contributed by atoms with Crippen molar-refractivity contribution >= 4 is 22.6 Å². The van der Waals surface area contributed by atoms with Gasteiger partial charge in [-0.25, -0.2) is 9.97 Å². The summed E-state index contributed by atoms with van der Waals surface area (Å²) in [5.41, 5.74) is 4.80. The van der Waals surface area contributed by atoms with E-state index in [0.29, 0.717) is 36.5 Å². The largest absolute Gasteiger partial charge is 0.390 e. The van der Waals surface area contributed by atoms with Crippen LogP contribution in [0, 0.1) is 0 Å². The number of benzene rings is 2. The number of fused-ring (bicyclic) bond motifs is 2. The molecule has 7 rings (SSSR count). The lowest BCUT2D eigenvalue weighted by Gasteiger charge is -2.43. The summed E-state index contributed by atoms with van der Waals surface area (Å²) in [4.78, 5) is 27.3. The highest BCUT2D eigenvalue weighted by atomic mass is 16.3. The van der Waals surface area contributed by atoms with Crippen molar-refractivity contribution in [2.45, 2.75) is 56.8 Å². The van der Waals surface area contributed by atoms with E-state index in [1.54, 1.807) is 17.2 Å². The number of anilines is 1. The summed E-state index contributed by atoms with van der Waals surface area (Å²) in [5.74, 6) is 1.00. The minimum atomic E-state index is -0.607. The van der Waals surface area contributed by atoms with Crippen molar-refractivity contribution in [1.29, 1.82) is 0 Å². The highest BCUT2D eigenvalue weighted by Gasteiger charge is 2.36. The fraction of sp³-hybridized carbons (Fsp3) is 0.400. The summed E-state index contributed by atoms with van der Waals surface area (Å²) in [6, 6.07) is 16.6. The Morgan fingerprint density at radius 1 is 1.03 bits per heavy atom. The van der Waals surface area contributed by atoms with Gasteiger partial charge in [0.15, 0.2) is 5.82 Å². The number of piperidine rings is 1. The minimum absolute atomic E-state index is 0.0420. The van der Waals surface area contributed by atoms with Crippen LogP contribution < -0.4 is 5.32 Å². The zero-order valence-corrected chi connectivity index (χ0v) is 21.9. The Morgan fingerprint density at radius 3 is 2.72 bits per heavy atom. The van der Waals surface area contributed by atoms with E-state index in [-0.39, 0.29) is 11.9 Å². The fourth-order valence-electron chi connectivity index (χ4n) is 6.09. The van der Waals surface area contributed by atoms with Gasteiger partial charge in [-0.05, 0) is 49.3 Å². The molecule has 2 fully saturated rings. The topological polar surface area (TPSA) is 110 Å². The second-order valence-electron chi connectivity index (χ2n) is 11.1. The van der Waals surface area contributed by atoms with Gasteiger partial charge in [0.1, 0.15) is 11.5 Å². The number of carbonyl (C=O) groups excluding carboxylic acids is 1. The van der Waals surface area contributed by atoms with Gasteiger partial charge in [0.2, 0.25) is 0 Å². The molecule has 0 unspecified atom stereocenters. The Bertz CT molecular complexity index is 1510. The molecule has 4 heterocycles. The molecule has 0 bridgehead atoms.